The zero-order valence-electron chi connectivity index (χ0n) is 12.8. The Kier molecular flexibility index (Phi) is 5.80. The Morgan fingerprint density at radius 1 is 0.722 bits per heavy atom. The number of carbonyl (C=O) groups excluding carboxylic acids is 2. The van der Waals surface area contributed by atoms with Crippen LogP contribution in [0.4, 0.5) is 0 Å². The molecule has 0 N–H and O–H groups in total. The largest absolute Gasteiger partial charge is 0.469 e. The molecule has 0 aliphatic carbocycles. The van der Waals surface area contributed by atoms with Gasteiger partial charge in [-0.3, -0.25) is 9.59 Å². The molecule has 0 saturated carbocycles. The van der Waals surface area contributed by atoms with E-state index in [1.807, 2.05) is 0 Å². The molecule has 0 aromatic heterocycles. The van der Waals surface area contributed by atoms with Crippen LogP contribution in [0.3, 0.4) is 0 Å². The molecule has 0 amide bonds. The summed E-state index contributed by atoms with van der Waals surface area (Å²) in [5.74, 6) is -0.543. The van der Waals surface area contributed by atoms with E-state index in [0.717, 1.165) is 0 Å². The fourth-order valence-electron chi connectivity index (χ4n) is 2.23. The van der Waals surface area contributed by atoms with E-state index < -0.39 is 16.1 Å². The first-order chi connectivity index (χ1) is 7.96. The molecule has 0 radical (unpaired) electrons. The van der Waals surface area contributed by atoms with Gasteiger partial charge in [-0.15, -0.1) is 0 Å². The van der Waals surface area contributed by atoms with Crippen molar-refractivity contribution in [3.63, 3.8) is 0 Å². The van der Waals surface area contributed by atoms with Gasteiger partial charge in [-0.05, 0) is 0 Å². The van der Waals surface area contributed by atoms with Gasteiger partial charge in [-0.1, -0.05) is 39.3 Å². The predicted octanol–water partition coefficient (Wildman–Crippen LogP) is 2.75. The molecule has 0 spiro atoms. The molecular formula is C12H26O4Si2. The summed E-state index contributed by atoms with van der Waals surface area (Å²) in [6.07, 6.45) is 0. The normalized spacial score (nSPS) is 15.8. The summed E-state index contributed by atoms with van der Waals surface area (Å²) >= 11 is 0. The maximum Gasteiger partial charge on any atom is 0.306 e. The molecule has 0 rings (SSSR count). The van der Waals surface area contributed by atoms with Gasteiger partial charge in [0.05, 0.1) is 41.4 Å². The van der Waals surface area contributed by atoms with Crippen molar-refractivity contribution in [3.05, 3.63) is 0 Å². The van der Waals surface area contributed by atoms with Crippen molar-refractivity contribution >= 4 is 28.1 Å². The van der Waals surface area contributed by atoms with Gasteiger partial charge >= 0.3 is 11.9 Å². The Hall–Kier alpha value is -0.626. The van der Waals surface area contributed by atoms with Crippen LogP contribution in [0.2, 0.25) is 50.4 Å². The van der Waals surface area contributed by atoms with Crippen LogP contribution in [0, 0.1) is 0 Å². The van der Waals surface area contributed by atoms with Gasteiger partial charge in [0.15, 0.2) is 0 Å². The van der Waals surface area contributed by atoms with Crippen LogP contribution in [0.5, 0.6) is 0 Å². The number of hydrogen-bond donors (Lipinski definition) is 0. The van der Waals surface area contributed by atoms with Gasteiger partial charge in [0.2, 0.25) is 0 Å². The van der Waals surface area contributed by atoms with Crippen molar-refractivity contribution in [2.45, 2.75) is 50.4 Å². The SMILES string of the molecule is COC(=O)[C@H]([C@H](C(=O)OC)[Si](C)(C)C)[Si](C)(C)C. The number of carbonyl (C=O) groups is 2. The maximum atomic E-state index is 12.1. The molecule has 0 aromatic carbocycles. The van der Waals surface area contributed by atoms with Gasteiger partial charge in [0, 0.05) is 0 Å². The van der Waals surface area contributed by atoms with Crippen LogP contribution < -0.4 is 0 Å². The first-order valence-corrected chi connectivity index (χ1v) is 13.3. The minimum atomic E-state index is -1.86. The fourth-order valence-corrected chi connectivity index (χ4v) is 9.16. The predicted molar refractivity (Wildman–Crippen MR) is 78.2 cm³/mol. The maximum absolute atomic E-state index is 12.1. The first-order valence-electron chi connectivity index (χ1n) is 6.12. The molecule has 4 nitrogen and oxygen atoms in total. The van der Waals surface area contributed by atoms with Crippen molar-refractivity contribution in [2.75, 3.05) is 14.2 Å². The third kappa shape index (κ3) is 4.24. The van der Waals surface area contributed by atoms with Crippen LogP contribution in [-0.2, 0) is 19.1 Å². The zero-order valence-corrected chi connectivity index (χ0v) is 14.8. The molecule has 0 aliphatic rings. The van der Waals surface area contributed by atoms with E-state index in [0.29, 0.717) is 0 Å². The van der Waals surface area contributed by atoms with Crippen LogP contribution >= 0.6 is 0 Å². The molecule has 106 valence electrons. The molecule has 2 atom stereocenters. The lowest BCUT2D eigenvalue weighted by atomic mass is 10.3. The Morgan fingerprint density at radius 2 is 0.944 bits per heavy atom. The van der Waals surface area contributed by atoms with E-state index in [9.17, 15) is 9.59 Å². The van der Waals surface area contributed by atoms with Gasteiger partial charge < -0.3 is 9.47 Å². The first kappa shape index (κ1) is 17.4. The smallest absolute Gasteiger partial charge is 0.306 e. The van der Waals surface area contributed by atoms with E-state index in [4.69, 9.17) is 9.47 Å². The molecule has 0 bridgehead atoms. The lowest BCUT2D eigenvalue weighted by Crippen LogP contribution is -2.48. The summed E-state index contributed by atoms with van der Waals surface area (Å²) in [7, 11) is -0.961. The van der Waals surface area contributed by atoms with Crippen LogP contribution in [0.1, 0.15) is 0 Å². The number of methoxy groups -OCH3 is 2. The van der Waals surface area contributed by atoms with E-state index in [1.165, 1.54) is 14.2 Å². The summed E-state index contributed by atoms with van der Waals surface area (Å²) in [5, 5.41) is 0. The Labute approximate surface area is 112 Å². The van der Waals surface area contributed by atoms with E-state index in [2.05, 4.69) is 39.3 Å². The van der Waals surface area contributed by atoms with Crippen LogP contribution in [0.15, 0.2) is 0 Å². The lowest BCUT2D eigenvalue weighted by Gasteiger charge is -2.38. The number of ether oxygens (including phenoxy) is 2. The van der Waals surface area contributed by atoms with Gasteiger partial charge in [-0.2, -0.15) is 0 Å². The van der Waals surface area contributed by atoms with E-state index in [-0.39, 0.29) is 23.0 Å². The van der Waals surface area contributed by atoms with Crippen molar-refractivity contribution in [2.24, 2.45) is 0 Å². The van der Waals surface area contributed by atoms with Gasteiger partial charge in [0.1, 0.15) is 0 Å². The second-order valence-corrected chi connectivity index (χ2v) is 17.4. The molecule has 0 fully saturated rings. The number of hydrogen-bond acceptors (Lipinski definition) is 4. The monoisotopic (exact) mass is 290 g/mol. The molecule has 0 saturated heterocycles. The summed E-state index contributed by atoms with van der Waals surface area (Å²) < 4.78 is 9.84. The fraction of sp³-hybridized carbons (Fsp3) is 0.833. The molecule has 0 aromatic rings. The quantitative estimate of drug-likeness (QED) is 0.577. The van der Waals surface area contributed by atoms with Gasteiger partial charge in [-0.25, -0.2) is 0 Å². The third-order valence-corrected chi connectivity index (χ3v) is 8.31. The minimum Gasteiger partial charge on any atom is -0.469 e. The highest BCUT2D eigenvalue weighted by molar-refractivity contribution is 6.87. The highest BCUT2D eigenvalue weighted by Gasteiger charge is 2.49. The van der Waals surface area contributed by atoms with Crippen molar-refractivity contribution < 1.29 is 19.1 Å². The number of rotatable bonds is 5. The van der Waals surface area contributed by atoms with Gasteiger partial charge in [0.25, 0.3) is 0 Å². The van der Waals surface area contributed by atoms with Crippen molar-refractivity contribution in [1.82, 2.24) is 0 Å². The molecule has 6 heteroatoms. The van der Waals surface area contributed by atoms with E-state index >= 15 is 0 Å². The Balaban J connectivity index is 5.65. The van der Waals surface area contributed by atoms with Crippen LogP contribution in [-0.4, -0.2) is 42.3 Å². The summed E-state index contributed by atoms with van der Waals surface area (Å²) in [5.41, 5.74) is -0.664. The highest BCUT2D eigenvalue weighted by atomic mass is 28.3. The standard InChI is InChI=1S/C12H26O4Si2/c1-15-11(13)9(17(3,4)5)10(12(14)16-2)18(6,7)8/h9-10H,1-8H3/t9-,10+. The topological polar surface area (TPSA) is 52.6 Å². The summed E-state index contributed by atoms with van der Waals surface area (Å²) in [4.78, 5) is 24.2. The molecule has 0 heterocycles. The van der Waals surface area contributed by atoms with E-state index in [1.54, 1.807) is 0 Å². The summed E-state index contributed by atoms with van der Waals surface area (Å²) in [6.45, 7) is 12.5. The van der Waals surface area contributed by atoms with Crippen molar-refractivity contribution in [1.29, 1.82) is 0 Å². The molecule has 0 aliphatic heterocycles. The third-order valence-electron chi connectivity index (χ3n) is 3.11. The molecular weight excluding hydrogens is 264 g/mol. The Morgan fingerprint density at radius 3 is 1.06 bits per heavy atom. The average Bonchev–Trinajstić information content (AvgIpc) is 2.20. The van der Waals surface area contributed by atoms with Crippen LogP contribution in [0.25, 0.3) is 0 Å². The molecule has 0 unspecified atom stereocenters. The second kappa shape index (κ2) is 6.01. The number of esters is 2. The second-order valence-electron chi connectivity index (χ2n) is 6.73. The summed E-state index contributed by atoms with van der Waals surface area (Å²) in [6, 6.07) is 0. The zero-order chi connectivity index (χ0) is 14.7. The minimum absolute atomic E-state index is 0.271. The lowest BCUT2D eigenvalue weighted by molar-refractivity contribution is -0.147. The Bertz CT molecular complexity index is 283. The average molecular weight is 291 g/mol. The molecule has 18 heavy (non-hydrogen) atoms. The van der Waals surface area contributed by atoms with Crippen molar-refractivity contribution in [3.8, 4) is 0 Å². The highest BCUT2D eigenvalue weighted by Crippen LogP contribution is 2.42.